The topological polar surface area (TPSA) is 38.7 Å². The van der Waals surface area contributed by atoms with Crippen molar-refractivity contribution in [2.75, 3.05) is 14.2 Å². The molecule has 0 aliphatic heterocycles. The van der Waals surface area contributed by atoms with Crippen molar-refractivity contribution >= 4 is 0 Å². The lowest BCUT2D eigenvalue weighted by Gasteiger charge is -2.45. The minimum absolute atomic E-state index is 0.359. The lowest BCUT2D eigenvalue weighted by Crippen LogP contribution is -2.49. The molecule has 1 aromatic carbocycles. The maximum absolute atomic E-state index is 10.7. The molecule has 1 saturated carbocycles. The van der Waals surface area contributed by atoms with Gasteiger partial charge in [0.05, 0.1) is 18.8 Å². The summed E-state index contributed by atoms with van der Waals surface area (Å²) in [6.45, 7) is 4.59. The van der Waals surface area contributed by atoms with Crippen LogP contribution >= 0.6 is 0 Å². The molecule has 0 heterocycles. The van der Waals surface area contributed by atoms with E-state index in [1.165, 1.54) is 0 Å². The van der Waals surface area contributed by atoms with Crippen molar-refractivity contribution in [2.45, 2.75) is 57.7 Å². The van der Waals surface area contributed by atoms with Crippen molar-refractivity contribution in [3.8, 4) is 5.75 Å². The Morgan fingerprint density at radius 3 is 2.38 bits per heavy atom. The zero-order valence-electron chi connectivity index (χ0n) is 13.7. The molecule has 1 unspecified atom stereocenters. The van der Waals surface area contributed by atoms with Gasteiger partial charge in [-0.15, -0.1) is 0 Å². The molecule has 118 valence electrons. The molecular formula is C18H28O3. The second-order valence-electron chi connectivity index (χ2n) is 7.00. The van der Waals surface area contributed by atoms with Crippen LogP contribution in [0.3, 0.4) is 0 Å². The third-order valence-electron chi connectivity index (χ3n) is 5.03. The van der Waals surface area contributed by atoms with Crippen molar-refractivity contribution < 1.29 is 14.6 Å². The molecular weight excluding hydrogens is 264 g/mol. The SMILES string of the molecule is COc1cccc(CC(O)C2(OC)CCC(C)(C)CC2)c1. The molecule has 2 rings (SSSR count). The molecule has 0 saturated heterocycles. The molecule has 3 nitrogen and oxygen atoms in total. The summed E-state index contributed by atoms with van der Waals surface area (Å²) in [4.78, 5) is 0. The van der Waals surface area contributed by atoms with Crippen LogP contribution in [0.1, 0.15) is 45.1 Å². The highest BCUT2D eigenvalue weighted by Gasteiger charge is 2.43. The van der Waals surface area contributed by atoms with Crippen LogP contribution in [-0.4, -0.2) is 31.0 Å². The van der Waals surface area contributed by atoms with E-state index in [9.17, 15) is 5.11 Å². The Labute approximate surface area is 128 Å². The number of aliphatic hydroxyl groups excluding tert-OH is 1. The number of hydrogen-bond acceptors (Lipinski definition) is 3. The Hall–Kier alpha value is -1.06. The molecule has 0 amide bonds. The average molecular weight is 292 g/mol. The van der Waals surface area contributed by atoms with Gasteiger partial charge in [-0.3, -0.25) is 0 Å². The van der Waals surface area contributed by atoms with Crippen molar-refractivity contribution in [3.63, 3.8) is 0 Å². The van der Waals surface area contributed by atoms with Gasteiger partial charge in [0.25, 0.3) is 0 Å². The zero-order chi connectivity index (χ0) is 15.5. The number of methoxy groups -OCH3 is 2. The summed E-state index contributed by atoms with van der Waals surface area (Å²) in [5, 5.41) is 10.7. The highest BCUT2D eigenvalue weighted by molar-refractivity contribution is 5.29. The predicted octanol–water partition coefficient (Wildman–Crippen LogP) is 3.58. The summed E-state index contributed by atoms with van der Waals surface area (Å²) in [5.41, 5.74) is 1.04. The minimum atomic E-state index is -0.481. The quantitative estimate of drug-likeness (QED) is 0.901. The summed E-state index contributed by atoms with van der Waals surface area (Å²) in [7, 11) is 3.39. The van der Waals surface area contributed by atoms with E-state index < -0.39 is 11.7 Å². The van der Waals surface area contributed by atoms with Gasteiger partial charge in [0.2, 0.25) is 0 Å². The van der Waals surface area contributed by atoms with Crippen LogP contribution in [0.5, 0.6) is 5.75 Å². The molecule has 1 N–H and O–H groups in total. The van der Waals surface area contributed by atoms with Crippen LogP contribution in [0.25, 0.3) is 0 Å². The van der Waals surface area contributed by atoms with E-state index >= 15 is 0 Å². The first-order chi connectivity index (χ1) is 9.91. The van der Waals surface area contributed by atoms with Gasteiger partial charge in [-0.1, -0.05) is 26.0 Å². The first-order valence-corrected chi connectivity index (χ1v) is 7.77. The number of benzene rings is 1. The lowest BCUT2D eigenvalue weighted by atomic mass is 9.68. The molecule has 1 aliphatic rings. The lowest BCUT2D eigenvalue weighted by molar-refractivity contribution is -0.135. The van der Waals surface area contributed by atoms with E-state index in [1.54, 1.807) is 14.2 Å². The van der Waals surface area contributed by atoms with E-state index in [0.717, 1.165) is 37.0 Å². The van der Waals surface area contributed by atoms with E-state index in [1.807, 2.05) is 24.3 Å². The fraction of sp³-hybridized carbons (Fsp3) is 0.667. The van der Waals surface area contributed by atoms with Gasteiger partial charge in [0, 0.05) is 13.5 Å². The van der Waals surface area contributed by atoms with Crippen LogP contribution in [0.4, 0.5) is 0 Å². The van der Waals surface area contributed by atoms with Crippen molar-refractivity contribution in [3.05, 3.63) is 29.8 Å². The van der Waals surface area contributed by atoms with E-state index in [0.29, 0.717) is 11.8 Å². The molecule has 0 aromatic heterocycles. The van der Waals surface area contributed by atoms with Gasteiger partial charge in [0.15, 0.2) is 0 Å². The van der Waals surface area contributed by atoms with E-state index in [2.05, 4.69) is 13.8 Å². The van der Waals surface area contributed by atoms with Crippen LogP contribution in [0, 0.1) is 5.41 Å². The van der Waals surface area contributed by atoms with E-state index in [-0.39, 0.29) is 0 Å². The van der Waals surface area contributed by atoms with Gasteiger partial charge in [-0.2, -0.15) is 0 Å². The van der Waals surface area contributed by atoms with Gasteiger partial charge < -0.3 is 14.6 Å². The van der Waals surface area contributed by atoms with Gasteiger partial charge in [-0.25, -0.2) is 0 Å². The minimum Gasteiger partial charge on any atom is -0.497 e. The Kier molecular flexibility index (Phi) is 4.95. The highest BCUT2D eigenvalue weighted by Crippen LogP contribution is 2.43. The maximum atomic E-state index is 10.7. The molecule has 0 spiro atoms. The summed E-state index contributed by atoms with van der Waals surface area (Å²) < 4.78 is 11.0. The molecule has 1 aromatic rings. The molecule has 1 atom stereocenters. The summed E-state index contributed by atoms with van der Waals surface area (Å²) in [6, 6.07) is 7.90. The normalized spacial score (nSPS) is 21.8. The first-order valence-electron chi connectivity index (χ1n) is 7.77. The Bertz CT molecular complexity index is 457. The number of ether oxygens (including phenoxy) is 2. The van der Waals surface area contributed by atoms with Gasteiger partial charge in [0.1, 0.15) is 5.75 Å². The Balaban J connectivity index is 2.08. The molecule has 21 heavy (non-hydrogen) atoms. The molecule has 0 radical (unpaired) electrons. The summed E-state index contributed by atoms with van der Waals surface area (Å²) >= 11 is 0. The van der Waals surface area contributed by atoms with Gasteiger partial charge in [-0.05, 0) is 48.8 Å². The monoisotopic (exact) mass is 292 g/mol. The fourth-order valence-electron chi connectivity index (χ4n) is 3.23. The summed E-state index contributed by atoms with van der Waals surface area (Å²) in [5.74, 6) is 0.830. The third-order valence-corrected chi connectivity index (χ3v) is 5.03. The van der Waals surface area contributed by atoms with Crippen LogP contribution in [0.15, 0.2) is 24.3 Å². The zero-order valence-corrected chi connectivity index (χ0v) is 13.7. The molecule has 1 fully saturated rings. The smallest absolute Gasteiger partial charge is 0.119 e. The third kappa shape index (κ3) is 3.78. The van der Waals surface area contributed by atoms with E-state index in [4.69, 9.17) is 9.47 Å². The maximum Gasteiger partial charge on any atom is 0.119 e. The van der Waals surface area contributed by atoms with Crippen LogP contribution < -0.4 is 4.74 Å². The molecule has 1 aliphatic carbocycles. The fourth-order valence-corrected chi connectivity index (χ4v) is 3.23. The molecule has 3 heteroatoms. The van der Waals surface area contributed by atoms with Crippen LogP contribution in [-0.2, 0) is 11.2 Å². The van der Waals surface area contributed by atoms with Crippen LogP contribution in [0.2, 0.25) is 0 Å². The molecule has 0 bridgehead atoms. The largest absolute Gasteiger partial charge is 0.497 e. The first kappa shape index (κ1) is 16.3. The van der Waals surface area contributed by atoms with Crippen molar-refractivity contribution in [1.29, 1.82) is 0 Å². The van der Waals surface area contributed by atoms with Gasteiger partial charge >= 0.3 is 0 Å². The second kappa shape index (κ2) is 6.37. The van der Waals surface area contributed by atoms with Crippen molar-refractivity contribution in [2.24, 2.45) is 5.41 Å². The summed E-state index contributed by atoms with van der Waals surface area (Å²) in [6.07, 6.45) is 4.14. The standard InChI is InChI=1S/C18H28O3/c1-17(2)8-10-18(21-4,11-9-17)16(19)13-14-6-5-7-15(12-14)20-3/h5-7,12,16,19H,8-11,13H2,1-4H3. The Morgan fingerprint density at radius 2 is 1.81 bits per heavy atom. The van der Waals surface area contributed by atoms with Crippen molar-refractivity contribution in [1.82, 2.24) is 0 Å². The highest BCUT2D eigenvalue weighted by atomic mass is 16.5. The second-order valence-corrected chi connectivity index (χ2v) is 7.00. The average Bonchev–Trinajstić information content (AvgIpc) is 2.48. The Morgan fingerprint density at radius 1 is 1.14 bits per heavy atom. The predicted molar refractivity (Wildman–Crippen MR) is 84.7 cm³/mol. The number of hydrogen-bond donors (Lipinski definition) is 1. The number of rotatable bonds is 5. The number of aliphatic hydroxyl groups is 1.